The summed E-state index contributed by atoms with van der Waals surface area (Å²) in [4.78, 5) is 13.0. The molecule has 1 rings (SSSR count). The fourth-order valence-electron chi connectivity index (χ4n) is 9.72. The van der Waals surface area contributed by atoms with Gasteiger partial charge >= 0.3 is 0 Å². The van der Waals surface area contributed by atoms with Crippen LogP contribution in [0.3, 0.4) is 0 Å². The van der Waals surface area contributed by atoms with Crippen LogP contribution in [0.5, 0.6) is 0 Å². The maximum atomic E-state index is 13.0. The summed E-state index contributed by atoms with van der Waals surface area (Å²) >= 11 is 0. The lowest BCUT2D eigenvalue weighted by Gasteiger charge is -2.40. The Morgan fingerprint density at radius 3 is 1.32 bits per heavy atom. The van der Waals surface area contributed by atoms with Crippen LogP contribution in [0.25, 0.3) is 0 Å². The second-order valence-electron chi connectivity index (χ2n) is 21.5. The first-order chi connectivity index (χ1) is 35.8. The van der Waals surface area contributed by atoms with Gasteiger partial charge in [0.15, 0.2) is 6.29 Å². The van der Waals surface area contributed by atoms with Crippen molar-refractivity contribution >= 4 is 5.91 Å². The summed E-state index contributed by atoms with van der Waals surface area (Å²) in [5, 5.41) is 54.5. The lowest BCUT2D eigenvalue weighted by molar-refractivity contribution is -0.302. The van der Waals surface area contributed by atoms with Gasteiger partial charge in [-0.25, -0.2) is 0 Å². The van der Waals surface area contributed by atoms with Gasteiger partial charge in [-0.05, 0) is 64.2 Å². The average molecular weight is 1030 g/mol. The Morgan fingerprint density at radius 1 is 0.479 bits per heavy atom. The lowest BCUT2D eigenvalue weighted by Crippen LogP contribution is -2.60. The van der Waals surface area contributed by atoms with E-state index in [1.807, 2.05) is 6.08 Å². The maximum Gasteiger partial charge on any atom is 0.220 e. The van der Waals surface area contributed by atoms with E-state index in [0.29, 0.717) is 6.42 Å². The number of carbonyl (C=O) groups is 1. The quantitative estimate of drug-likeness (QED) is 0.0261. The molecule has 1 amide bonds. The van der Waals surface area contributed by atoms with Gasteiger partial charge in [-0.15, -0.1) is 0 Å². The molecule has 0 aliphatic carbocycles. The molecular formula is C64H117NO8. The minimum atomic E-state index is -1.58. The number of unbranched alkanes of at least 4 members (excludes halogenated alkanes) is 35. The number of aliphatic hydroxyl groups excluding tert-OH is 5. The number of nitrogens with one attached hydrogen (secondary N) is 1. The summed E-state index contributed by atoms with van der Waals surface area (Å²) in [6.45, 7) is 3.67. The van der Waals surface area contributed by atoms with Crippen LogP contribution >= 0.6 is 0 Å². The third-order valence-corrected chi connectivity index (χ3v) is 14.6. The molecule has 7 unspecified atom stereocenters. The molecule has 1 saturated heterocycles. The molecule has 0 aromatic carbocycles. The Hall–Kier alpha value is -2.11. The van der Waals surface area contributed by atoms with E-state index in [1.165, 1.54) is 193 Å². The van der Waals surface area contributed by atoms with E-state index in [2.05, 4.69) is 67.8 Å². The Labute approximate surface area is 449 Å². The summed E-state index contributed by atoms with van der Waals surface area (Å²) in [5.41, 5.74) is 0. The van der Waals surface area contributed by atoms with Crippen molar-refractivity contribution < 1.29 is 39.8 Å². The molecule has 6 N–H and O–H groups in total. The number of allylic oxidation sites excluding steroid dienone is 9. The van der Waals surface area contributed by atoms with E-state index >= 15 is 0 Å². The monoisotopic (exact) mass is 1030 g/mol. The minimum Gasteiger partial charge on any atom is -0.394 e. The highest BCUT2D eigenvalue weighted by atomic mass is 16.7. The van der Waals surface area contributed by atoms with Crippen LogP contribution in [0, 0.1) is 0 Å². The van der Waals surface area contributed by atoms with Gasteiger partial charge in [-0.2, -0.15) is 0 Å². The summed E-state index contributed by atoms with van der Waals surface area (Å²) in [6.07, 6.45) is 66.1. The molecule has 0 spiro atoms. The van der Waals surface area contributed by atoms with Crippen molar-refractivity contribution in [2.24, 2.45) is 0 Å². The molecule has 1 fully saturated rings. The van der Waals surface area contributed by atoms with Gasteiger partial charge in [-0.1, -0.05) is 274 Å². The largest absolute Gasteiger partial charge is 0.394 e. The normalized spacial score (nSPS) is 19.5. The molecule has 1 aliphatic rings. The smallest absolute Gasteiger partial charge is 0.220 e. The molecule has 1 aliphatic heterocycles. The van der Waals surface area contributed by atoms with Crippen molar-refractivity contribution in [1.82, 2.24) is 5.32 Å². The third kappa shape index (κ3) is 42.7. The molecule has 0 saturated carbocycles. The first-order valence-electron chi connectivity index (χ1n) is 31.0. The molecule has 9 heteroatoms. The Bertz CT molecular complexity index is 1330. The number of carbonyl (C=O) groups excluding carboxylic acids is 1. The summed E-state index contributed by atoms with van der Waals surface area (Å²) < 4.78 is 11.3. The molecule has 73 heavy (non-hydrogen) atoms. The zero-order chi connectivity index (χ0) is 52.9. The van der Waals surface area contributed by atoms with Crippen molar-refractivity contribution in [3.63, 3.8) is 0 Å². The standard InChI is InChI=1S/C64H117NO8/c1-3-5-7-9-11-13-15-17-19-21-22-23-24-25-26-27-28-29-30-31-32-33-34-35-36-38-39-41-43-45-47-49-51-53-58(67)57(56-72-64-63(71)62(70)61(69)59(55-66)73-64)65-60(68)54-52-50-48-46-44-42-40-37-20-18-16-14-12-10-8-6-4-2/h6,8,12,14,18,20,43,45,51,53,57-59,61-64,66-67,69-71H,3-5,7,9-11,13,15-17,19,21-42,44,46-50,52,54-56H2,1-2H3,(H,65,68)/b8-6-,14-12-,20-18-,45-43+,53-51+. The molecule has 426 valence electrons. The van der Waals surface area contributed by atoms with E-state index in [9.17, 15) is 30.3 Å². The first kappa shape index (κ1) is 68.9. The highest BCUT2D eigenvalue weighted by Crippen LogP contribution is 2.23. The highest BCUT2D eigenvalue weighted by molar-refractivity contribution is 5.76. The van der Waals surface area contributed by atoms with Crippen LogP contribution < -0.4 is 5.32 Å². The molecule has 0 aromatic rings. The van der Waals surface area contributed by atoms with Gasteiger partial charge in [0.25, 0.3) is 0 Å². The van der Waals surface area contributed by atoms with Crippen molar-refractivity contribution in [2.75, 3.05) is 13.2 Å². The Morgan fingerprint density at radius 2 is 0.863 bits per heavy atom. The predicted molar refractivity (Wildman–Crippen MR) is 309 cm³/mol. The zero-order valence-electron chi connectivity index (χ0n) is 47.4. The topological polar surface area (TPSA) is 149 Å². The zero-order valence-corrected chi connectivity index (χ0v) is 47.4. The van der Waals surface area contributed by atoms with Gasteiger partial charge in [-0.3, -0.25) is 4.79 Å². The number of rotatable bonds is 53. The van der Waals surface area contributed by atoms with Crippen molar-refractivity contribution in [3.8, 4) is 0 Å². The lowest BCUT2D eigenvalue weighted by atomic mass is 9.99. The van der Waals surface area contributed by atoms with Crippen molar-refractivity contribution in [3.05, 3.63) is 60.8 Å². The Kier molecular flexibility index (Phi) is 50.3. The van der Waals surface area contributed by atoms with Crippen LogP contribution in [0.4, 0.5) is 0 Å². The predicted octanol–water partition coefficient (Wildman–Crippen LogP) is 15.9. The SMILES string of the molecule is CC/C=C\C/C=C\C/C=C\CCCCCCCCCC(=O)NC(COC1OC(CO)C(O)C(O)C1O)C(O)/C=C/CC/C=C/CCCCCCCCCCCCCCCCCCCCCCCCCCCCC. The fourth-order valence-corrected chi connectivity index (χ4v) is 9.72. The van der Waals surface area contributed by atoms with E-state index in [-0.39, 0.29) is 12.5 Å². The van der Waals surface area contributed by atoms with Gasteiger partial charge in [0, 0.05) is 6.42 Å². The van der Waals surface area contributed by atoms with E-state index in [0.717, 1.165) is 70.6 Å². The van der Waals surface area contributed by atoms with Crippen LogP contribution in [-0.2, 0) is 14.3 Å². The van der Waals surface area contributed by atoms with Gasteiger partial charge < -0.3 is 40.3 Å². The minimum absolute atomic E-state index is 0.196. The Balaban J connectivity index is 2.17. The van der Waals surface area contributed by atoms with E-state index in [1.54, 1.807) is 6.08 Å². The van der Waals surface area contributed by atoms with Crippen LogP contribution in [0.15, 0.2) is 60.8 Å². The highest BCUT2D eigenvalue weighted by Gasteiger charge is 2.44. The second kappa shape index (κ2) is 53.3. The number of ether oxygens (including phenoxy) is 2. The third-order valence-electron chi connectivity index (χ3n) is 14.6. The summed E-state index contributed by atoms with van der Waals surface area (Å²) in [5.74, 6) is -0.196. The van der Waals surface area contributed by atoms with Gasteiger partial charge in [0.1, 0.15) is 24.4 Å². The molecule has 7 atom stereocenters. The van der Waals surface area contributed by atoms with Gasteiger partial charge in [0.2, 0.25) is 5.91 Å². The van der Waals surface area contributed by atoms with Crippen LogP contribution in [0.2, 0.25) is 0 Å². The van der Waals surface area contributed by atoms with Crippen LogP contribution in [0.1, 0.15) is 284 Å². The van der Waals surface area contributed by atoms with Gasteiger partial charge in [0.05, 0.1) is 25.4 Å². The molecule has 0 bridgehead atoms. The molecule has 1 heterocycles. The molecule has 0 radical (unpaired) electrons. The first-order valence-corrected chi connectivity index (χ1v) is 31.0. The maximum absolute atomic E-state index is 13.0. The molecule has 9 nitrogen and oxygen atoms in total. The van der Waals surface area contributed by atoms with Crippen molar-refractivity contribution in [2.45, 2.75) is 326 Å². The molecular weight excluding hydrogens is 911 g/mol. The average Bonchev–Trinajstić information content (AvgIpc) is 3.39. The second-order valence-corrected chi connectivity index (χ2v) is 21.5. The summed E-state index contributed by atoms with van der Waals surface area (Å²) in [6, 6.07) is -0.831. The number of amides is 1. The number of hydrogen-bond acceptors (Lipinski definition) is 8. The number of aliphatic hydroxyl groups is 5. The van der Waals surface area contributed by atoms with Crippen molar-refractivity contribution in [1.29, 1.82) is 0 Å². The van der Waals surface area contributed by atoms with Crippen LogP contribution in [-0.4, -0.2) is 87.5 Å². The fraction of sp³-hybridized carbons (Fsp3) is 0.828. The number of hydrogen-bond donors (Lipinski definition) is 6. The van der Waals surface area contributed by atoms with E-state index < -0.39 is 49.5 Å². The van der Waals surface area contributed by atoms with E-state index in [4.69, 9.17) is 9.47 Å². The summed E-state index contributed by atoms with van der Waals surface area (Å²) in [7, 11) is 0. The molecule has 0 aromatic heterocycles.